The Bertz CT molecular complexity index is 1920. The van der Waals surface area contributed by atoms with Gasteiger partial charge in [-0.1, -0.05) is 132 Å². The number of aryl methyl sites for hydroxylation is 2. The molecule has 2 aliphatic heterocycles. The summed E-state index contributed by atoms with van der Waals surface area (Å²) < 4.78 is 14.5. The molecule has 3 aromatic rings. The number of benzene rings is 2. The number of amides is 2. The normalized spacial score (nSPS) is 29.2. The summed E-state index contributed by atoms with van der Waals surface area (Å²) in [5, 5.41) is 8.93. The highest BCUT2D eigenvalue weighted by Gasteiger charge is 2.35. The minimum absolute atomic E-state index is 0.0163. The van der Waals surface area contributed by atoms with E-state index in [2.05, 4.69) is 50.2 Å². The molecule has 11 heteroatoms. The van der Waals surface area contributed by atoms with Crippen LogP contribution in [0.4, 0.5) is 0 Å². The number of hydrogen-bond acceptors (Lipinski definition) is 8. The Labute approximate surface area is 377 Å². The molecule has 63 heavy (non-hydrogen) atoms. The summed E-state index contributed by atoms with van der Waals surface area (Å²) in [6.45, 7) is 13.3. The monoisotopic (exact) mass is 866 g/mol. The van der Waals surface area contributed by atoms with Gasteiger partial charge in [0.05, 0.1) is 5.69 Å². The molecule has 11 nitrogen and oxygen atoms in total. The Morgan fingerprint density at radius 1 is 0.603 bits per heavy atom. The minimum Gasteiger partial charge on any atom is -0.461 e. The van der Waals surface area contributed by atoms with E-state index in [1.807, 2.05) is 85.4 Å². The number of carbonyl (C=O) groups excluding carboxylic acids is 4. The molecule has 0 unspecified atom stereocenters. The van der Waals surface area contributed by atoms with Gasteiger partial charge in [0.1, 0.15) is 24.3 Å². The second kappa shape index (κ2) is 24.3. The Balaban J connectivity index is 1.21. The summed E-state index contributed by atoms with van der Waals surface area (Å²) in [6, 6.07) is 18.2. The van der Waals surface area contributed by atoms with Crippen LogP contribution >= 0.6 is 0 Å². The zero-order valence-corrected chi connectivity index (χ0v) is 39.4. The van der Waals surface area contributed by atoms with E-state index in [9.17, 15) is 19.2 Å². The van der Waals surface area contributed by atoms with Crippen molar-refractivity contribution in [3.05, 3.63) is 95.8 Å². The zero-order valence-electron chi connectivity index (χ0n) is 39.4. The lowest BCUT2D eigenvalue weighted by Gasteiger charge is -2.31. The maximum absolute atomic E-state index is 14.0. The molecule has 0 spiro atoms. The zero-order chi connectivity index (χ0) is 45.5. The quantitative estimate of drug-likeness (QED) is 0.131. The number of allylic oxidation sites excluding steroid dienone is 2. The van der Waals surface area contributed by atoms with Gasteiger partial charge in [-0.2, -0.15) is 0 Å². The van der Waals surface area contributed by atoms with Gasteiger partial charge in [-0.3, -0.25) is 14.3 Å². The van der Waals surface area contributed by atoms with Crippen LogP contribution in [-0.2, 0) is 54.5 Å². The molecule has 1 fully saturated rings. The first kappa shape index (κ1) is 49.2. The third-order valence-corrected chi connectivity index (χ3v) is 13.3. The van der Waals surface area contributed by atoms with Crippen molar-refractivity contribution in [2.24, 2.45) is 35.5 Å². The summed E-state index contributed by atoms with van der Waals surface area (Å²) in [7, 11) is 3.48. The van der Waals surface area contributed by atoms with Gasteiger partial charge in [0.25, 0.3) is 0 Å². The number of aromatic nitrogens is 3. The Hall–Kier alpha value is -4.80. The molecule has 0 aliphatic carbocycles. The molecule has 344 valence electrons. The average Bonchev–Trinajstić information content (AvgIpc) is 3.72. The summed E-state index contributed by atoms with van der Waals surface area (Å²) in [6.07, 6.45) is 15.1. The van der Waals surface area contributed by atoms with Gasteiger partial charge in [0.15, 0.2) is 0 Å². The Kier molecular flexibility index (Phi) is 19.0. The van der Waals surface area contributed by atoms with E-state index in [1.54, 1.807) is 23.9 Å². The van der Waals surface area contributed by atoms with E-state index in [0.717, 1.165) is 55.3 Å². The van der Waals surface area contributed by atoms with Crippen molar-refractivity contribution in [2.75, 3.05) is 14.1 Å². The number of hydrogen-bond donors (Lipinski definition) is 0. The van der Waals surface area contributed by atoms with Gasteiger partial charge in [0.2, 0.25) is 11.8 Å². The molecule has 0 saturated carbocycles. The molecule has 5 rings (SSSR count). The molecule has 1 saturated heterocycles. The number of likely N-dealkylation sites (N-methyl/N-ethyl adjacent to an activating group) is 2. The summed E-state index contributed by atoms with van der Waals surface area (Å²) in [4.78, 5) is 58.5. The van der Waals surface area contributed by atoms with Gasteiger partial charge < -0.3 is 19.3 Å². The second-order valence-electron chi connectivity index (χ2n) is 19.3. The van der Waals surface area contributed by atoms with Gasteiger partial charge in [-0.05, 0) is 92.6 Å². The SMILES string of the molecule is C[C@@H]1CC[C@@H](C)C[C@@H](C)C(=O)N(C)[C@@H](Cc2ccccc2)C(=O)O[C@H](CCCn2cc(CCC[C@@H]3C[C@H](C)/C=C\[C@@H](C)C[C@@H](C)C(=O)N(C)[C@@H](Cc4ccccc4)C(=O)O3)nn2)C1. The molecular weight excluding hydrogens is 791 g/mol. The predicted octanol–water partition coefficient (Wildman–Crippen LogP) is 9.08. The molecule has 10 atom stereocenters. The average molecular weight is 866 g/mol. The molecule has 2 aromatic carbocycles. The van der Waals surface area contributed by atoms with E-state index in [4.69, 9.17) is 9.47 Å². The van der Waals surface area contributed by atoms with E-state index in [1.165, 1.54) is 0 Å². The van der Waals surface area contributed by atoms with Crippen molar-refractivity contribution in [2.45, 2.75) is 156 Å². The van der Waals surface area contributed by atoms with Crippen LogP contribution < -0.4 is 0 Å². The van der Waals surface area contributed by atoms with Gasteiger partial charge >= 0.3 is 11.9 Å². The Morgan fingerprint density at radius 2 is 1.08 bits per heavy atom. The van der Waals surface area contributed by atoms with Gasteiger partial charge in [-0.25, -0.2) is 9.59 Å². The molecule has 3 heterocycles. The highest BCUT2D eigenvalue weighted by Crippen LogP contribution is 2.28. The minimum atomic E-state index is -0.723. The van der Waals surface area contributed by atoms with Gasteiger partial charge in [0, 0.05) is 51.5 Å². The summed E-state index contributed by atoms with van der Waals surface area (Å²) >= 11 is 0. The number of ether oxygens (including phenoxy) is 2. The van der Waals surface area contributed by atoms with Crippen LogP contribution in [0.25, 0.3) is 0 Å². The van der Waals surface area contributed by atoms with Crippen molar-refractivity contribution in [3.8, 4) is 0 Å². The molecule has 2 amide bonds. The number of rotatable bonds is 12. The topological polar surface area (TPSA) is 124 Å². The second-order valence-corrected chi connectivity index (χ2v) is 19.3. The molecule has 0 N–H and O–H groups in total. The molecule has 0 bridgehead atoms. The maximum atomic E-state index is 14.0. The highest BCUT2D eigenvalue weighted by atomic mass is 16.5. The lowest BCUT2D eigenvalue weighted by molar-refractivity contribution is -0.161. The lowest BCUT2D eigenvalue weighted by Crippen LogP contribution is -2.47. The van der Waals surface area contributed by atoms with E-state index in [-0.39, 0.29) is 59.6 Å². The first-order valence-electron chi connectivity index (χ1n) is 23.8. The molecule has 2 aliphatic rings. The number of nitrogens with zero attached hydrogens (tertiary/aromatic N) is 5. The van der Waals surface area contributed by atoms with Crippen LogP contribution in [0.15, 0.2) is 79.0 Å². The van der Waals surface area contributed by atoms with Crippen molar-refractivity contribution in [3.63, 3.8) is 0 Å². The van der Waals surface area contributed by atoms with Crippen molar-refractivity contribution in [1.29, 1.82) is 0 Å². The predicted molar refractivity (Wildman–Crippen MR) is 247 cm³/mol. The smallest absolute Gasteiger partial charge is 0.329 e. The fraction of sp³-hybridized carbons (Fsp3) is 0.615. The first-order chi connectivity index (χ1) is 30.2. The lowest BCUT2D eigenvalue weighted by atomic mass is 9.88. The number of carbonyl (C=O) groups is 4. The van der Waals surface area contributed by atoms with Crippen LogP contribution in [0.3, 0.4) is 0 Å². The van der Waals surface area contributed by atoms with Crippen molar-refractivity contribution < 1.29 is 28.7 Å². The largest absolute Gasteiger partial charge is 0.461 e. The first-order valence-corrected chi connectivity index (χ1v) is 23.8. The number of cyclic esters (lactones) is 2. The summed E-state index contributed by atoms with van der Waals surface area (Å²) in [5.74, 6) is 0.0247. The van der Waals surface area contributed by atoms with Crippen LogP contribution in [0, 0.1) is 35.5 Å². The summed E-state index contributed by atoms with van der Waals surface area (Å²) in [5.41, 5.74) is 2.84. The molecule has 0 radical (unpaired) electrons. The fourth-order valence-corrected chi connectivity index (χ4v) is 9.49. The van der Waals surface area contributed by atoms with E-state index >= 15 is 0 Å². The fourth-order valence-electron chi connectivity index (χ4n) is 9.49. The van der Waals surface area contributed by atoms with Crippen LogP contribution in [0.5, 0.6) is 0 Å². The number of esters is 2. The van der Waals surface area contributed by atoms with Crippen LogP contribution in [-0.4, -0.2) is 86.9 Å². The van der Waals surface area contributed by atoms with E-state index in [0.29, 0.717) is 63.3 Å². The van der Waals surface area contributed by atoms with E-state index < -0.39 is 12.1 Å². The highest BCUT2D eigenvalue weighted by molar-refractivity contribution is 5.86. The molecule has 1 aromatic heterocycles. The standard InChI is InChI=1S/C52H75N5O6/c1-36-24-26-38(3)31-45(62-51(60)47(33-42-17-11-9-12-18-42)55(7)49(58)40(5)29-36)22-15-21-44-35-57(54-53-44)28-16-23-46-32-39(4)27-25-37(2)30-41(6)50(59)56(8)48(52(61)63-46)34-43-19-13-10-14-20-43/h9-14,17-20,24,26,35-41,45-48H,15-16,21-23,25,27-34H2,1-8H3/b26-24-/t36-,37-,38-,39-,40-,41-,45-,46-,47+,48+/m1/s1. The van der Waals surface area contributed by atoms with Gasteiger partial charge in [-0.15, -0.1) is 5.10 Å². The van der Waals surface area contributed by atoms with Crippen LogP contribution in [0.2, 0.25) is 0 Å². The Morgan fingerprint density at radius 3 is 1.63 bits per heavy atom. The third kappa shape index (κ3) is 15.5. The van der Waals surface area contributed by atoms with Crippen molar-refractivity contribution in [1.82, 2.24) is 24.8 Å². The maximum Gasteiger partial charge on any atom is 0.329 e. The molecular formula is C52H75N5O6. The van der Waals surface area contributed by atoms with Crippen LogP contribution in [0.1, 0.15) is 123 Å². The van der Waals surface area contributed by atoms with Crippen molar-refractivity contribution >= 4 is 23.8 Å². The third-order valence-electron chi connectivity index (χ3n) is 13.3.